The Hall–Kier alpha value is -1.34. The molecule has 0 fully saturated rings. The minimum Gasteiger partial charge on any atom is -0.348 e. The first kappa shape index (κ1) is 13.1. The maximum Gasteiger partial charge on any atom is 0.230 e. The lowest BCUT2D eigenvalue weighted by atomic mass is 10.3. The van der Waals surface area contributed by atoms with Gasteiger partial charge < -0.3 is 9.88 Å². The second kappa shape index (κ2) is 6.01. The van der Waals surface area contributed by atoms with E-state index < -0.39 is 0 Å². The topological polar surface area (TPSA) is 59.8 Å². The van der Waals surface area contributed by atoms with E-state index in [9.17, 15) is 4.79 Å². The maximum atomic E-state index is 11.8. The van der Waals surface area contributed by atoms with E-state index >= 15 is 0 Å². The molecule has 0 aliphatic rings. The summed E-state index contributed by atoms with van der Waals surface area (Å²) in [6.07, 6.45) is 1.62. The Bertz CT molecular complexity index is 509. The fourth-order valence-electron chi connectivity index (χ4n) is 1.43. The quantitative estimate of drug-likeness (QED) is 0.850. The summed E-state index contributed by atoms with van der Waals surface area (Å²) in [5, 5.41) is 13.4. The molecule has 18 heavy (non-hydrogen) atoms. The summed E-state index contributed by atoms with van der Waals surface area (Å²) in [4.78, 5) is 12.9. The van der Waals surface area contributed by atoms with Gasteiger partial charge in [0.15, 0.2) is 5.16 Å². The van der Waals surface area contributed by atoms with Gasteiger partial charge in [-0.05, 0) is 18.4 Å². The Morgan fingerprint density at radius 3 is 3.11 bits per heavy atom. The third-order valence-electron chi connectivity index (χ3n) is 2.35. The smallest absolute Gasteiger partial charge is 0.230 e. The van der Waals surface area contributed by atoms with Crippen molar-refractivity contribution in [1.29, 1.82) is 0 Å². The zero-order valence-corrected chi connectivity index (χ0v) is 11.8. The second-order valence-electron chi connectivity index (χ2n) is 3.82. The number of hydrogen-bond donors (Lipinski definition) is 1. The number of nitrogens with zero attached hydrogens (tertiary/aromatic N) is 3. The monoisotopic (exact) mass is 282 g/mol. The van der Waals surface area contributed by atoms with E-state index in [1.807, 2.05) is 31.5 Å². The van der Waals surface area contributed by atoms with Gasteiger partial charge in [-0.3, -0.25) is 4.79 Å². The molecule has 0 bridgehead atoms. The number of nitrogens with one attached hydrogen (secondary N) is 1. The summed E-state index contributed by atoms with van der Waals surface area (Å²) in [5.74, 6) is 0.353. The molecule has 1 unspecified atom stereocenters. The highest BCUT2D eigenvalue weighted by Crippen LogP contribution is 2.19. The number of amides is 1. The van der Waals surface area contributed by atoms with Crippen molar-refractivity contribution >= 4 is 29.0 Å². The van der Waals surface area contributed by atoms with Crippen LogP contribution in [0.2, 0.25) is 0 Å². The highest BCUT2D eigenvalue weighted by Gasteiger charge is 2.11. The third kappa shape index (κ3) is 3.33. The normalized spacial score (nSPS) is 12.3. The Morgan fingerprint density at radius 1 is 1.67 bits per heavy atom. The molecule has 7 heteroatoms. The number of thiophene rings is 1. The molecule has 0 aliphatic carbocycles. The molecule has 2 aromatic rings. The maximum absolute atomic E-state index is 11.8. The molecular weight excluding hydrogens is 268 g/mol. The van der Waals surface area contributed by atoms with Crippen LogP contribution in [0.25, 0.3) is 0 Å². The lowest BCUT2D eigenvalue weighted by molar-refractivity contribution is -0.119. The van der Waals surface area contributed by atoms with Crippen LogP contribution < -0.4 is 5.32 Å². The number of carbonyl (C=O) groups excluding carboxylic acids is 1. The summed E-state index contributed by atoms with van der Waals surface area (Å²) in [6.45, 7) is 1.98. The standard InChI is InChI=1S/C11H14N4OS2/c1-8(9-4-3-5-17-9)13-10(16)6-18-11-14-12-7-15(11)2/h3-5,7-8H,6H2,1-2H3,(H,13,16). The molecule has 0 spiro atoms. The van der Waals surface area contributed by atoms with Gasteiger partial charge in [-0.2, -0.15) is 0 Å². The zero-order valence-electron chi connectivity index (χ0n) is 10.2. The van der Waals surface area contributed by atoms with E-state index in [4.69, 9.17) is 0 Å². The van der Waals surface area contributed by atoms with Crippen molar-refractivity contribution < 1.29 is 4.79 Å². The summed E-state index contributed by atoms with van der Waals surface area (Å²) < 4.78 is 1.79. The molecule has 2 aromatic heterocycles. The molecule has 1 atom stereocenters. The predicted molar refractivity (Wildman–Crippen MR) is 72.6 cm³/mol. The highest BCUT2D eigenvalue weighted by molar-refractivity contribution is 7.99. The molecule has 0 radical (unpaired) electrons. The van der Waals surface area contributed by atoms with Crippen molar-refractivity contribution in [1.82, 2.24) is 20.1 Å². The first-order chi connectivity index (χ1) is 8.66. The predicted octanol–water partition coefficient (Wildman–Crippen LogP) is 1.85. The van der Waals surface area contributed by atoms with Gasteiger partial charge in [0.2, 0.25) is 5.91 Å². The average Bonchev–Trinajstić information content (AvgIpc) is 2.97. The Balaban J connectivity index is 1.81. The van der Waals surface area contributed by atoms with Crippen LogP contribution in [0.4, 0.5) is 0 Å². The highest BCUT2D eigenvalue weighted by atomic mass is 32.2. The van der Waals surface area contributed by atoms with E-state index in [-0.39, 0.29) is 11.9 Å². The Morgan fingerprint density at radius 2 is 2.50 bits per heavy atom. The summed E-state index contributed by atoms with van der Waals surface area (Å²) >= 11 is 3.03. The number of carbonyl (C=O) groups is 1. The molecule has 2 rings (SSSR count). The zero-order chi connectivity index (χ0) is 13.0. The van der Waals surface area contributed by atoms with Gasteiger partial charge in [0.25, 0.3) is 0 Å². The van der Waals surface area contributed by atoms with Gasteiger partial charge in [0.05, 0.1) is 11.8 Å². The second-order valence-corrected chi connectivity index (χ2v) is 5.74. The number of aryl methyl sites for hydroxylation is 1. The van der Waals surface area contributed by atoms with E-state index in [1.54, 1.807) is 22.2 Å². The molecule has 0 aromatic carbocycles. The van der Waals surface area contributed by atoms with Gasteiger partial charge in [-0.15, -0.1) is 21.5 Å². The first-order valence-corrected chi connectivity index (χ1v) is 7.33. The molecule has 5 nitrogen and oxygen atoms in total. The van der Waals surface area contributed by atoms with Gasteiger partial charge in [-0.1, -0.05) is 17.8 Å². The van der Waals surface area contributed by atoms with Crippen LogP contribution in [0.5, 0.6) is 0 Å². The molecule has 0 aliphatic heterocycles. The van der Waals surface area contributed by atoms with Gasteiger partial charge in [0.1, 0.15) is 6.33 Å². The third-order valence-corrected chi connectivity index (χ3v) is 4.44. The first-order valence-electron chi connectivity index (χ1n) is 5.46. The minimum atomic E-state index is 0.00361. The molecule has 96 valence electrons. The van der Waals surface area contributed by atoms with E-state index in [1.165, 1.54) is 11.8 Å². The van der Waals surface area contributed by atoms with E-state index in [0.29, 0.717) is 5.75 Å². The van der Waals surface area contributed by atoms with Crippen LogP contribution in [0.1, 0.15) is 17.8 Å². The average molecular weight is 282 g/mol. The Kier molecular flexibility index (Phi) is 4.38. The number of aromatic nitrogens is 3. The van der Waals surface area contributed by atoms with Crippen LogP contribution in [0, 0.1) is 0 Å². The van der Waals surface area contributed by atoms with Crippen molar-refractivity contribution in [3.05, 3.63) is 28.7 Å². The molecular formula is C11H14N4OS2. The Labute approximate surface area is 114 Å². The molecule has 1 amide bonds. The molecule has 1 N–H and O–H groups in total. The van der Waals surface area contributed by atoms with Gasteiger partial charge in [-0.25, -0.2) is 0 Å². The minimum absolute atomic E-state index is 0.00361. The van der Waals surface area contributed by atoms with Crippen LogP contribution in [0.15, 0.2) is 29.0 Å². The molecule has 2 heterocycles. The molecule has 0 saturated carbocycles. The van der Waals surface area contributed by atoms with Gasteiger partial charge >= 0.3 is 0 Å². The number of thioether (sulfide) groups is 1. The van der Waals surface area contributed by atoms with E-state index in [0.717, 1.165) is 10.0 Å². The summed E-state index contributed by atoms with van der Waals surface area (Å²) in [7, 11) is 1.86. The van der Waals surface area contributed by atoms with Crippen molar-refractivity contribution in [3.8, 4) is 0 Å². The van der Waals surface area contributed by atoms with Gasteiger partial charge in [0, 0.05) is 11.9 Å². The number of hydrogen-bond acceptors (Lipinski definition) is 5. The van der Waals surface area contributed by atoms with Crippen molar-refractivity contribution in [3.63, 3.8) is 0 Å². The SMILES string of the molecule is CC(NC(=O)CSc1nncn1C)c1cccs1. The fraction of sp³-hybridized carbons (Fsp3) is 0.364. The van der Waals surface area contributed by atoms with Crippen LogP contribution in [-0.2, 0) is 11.8 Å². The lowest BCUT2D eigenvalue weighted by Crippen LogP contribution is -2.27. The van der Waals surface area contributed by atoms with Crippen molar-refractivity contribution in [2.75, 3.05) is 5.75 Å². The van der Waals surface area contributed by atoms with Crippen LogP contribution in [0.3, 0.4) is 0 Å². The lowest BCUT2D eigenvalue weighted by Gasteiger charge is -2.11. The summed E-state index contributed by atoms with van der Waals surface area (Å²) in [5.41, 5.74) is 0. The fourth-order valence-corrected chi connectivity index (χ4v) is 2.86. The largest absolute Gasteiger partial charge is 0.348 e. The van der Waals surface area contributed by atoms with Crippen molar-refractivity contribution in [2.45, 2.75) is 18.1 Å². The van der Waals surface area contributed by atoms with Crippen molar-refractivity contribution in [2.24, 2.45) is 7.05 Å². The number of rotatable bonds is 5. The van der Waals surface area contributed by atoms with E-state index in [2.05, 4.69) is 15.5 Å². The molecule has 0 saturated heterocycles. The van der Waals surface area contributed by atoms with Crippen LogP contribution >= 0.6 is 23.1 Å². The van der Waals surface area contributed by atoms with Crippen LogP contribution in [-0.4, -0.2) is 26.4 Å². The summed E-state index contributed by atoms with van der Waals surface area (Å²) in [6, 6.07) is 4.06.